The lowest BCUT2D eigenvalue weighted by atomic mass is 10.0. The molecule has 0 aliphatic rings. The third-order valence-electron chi connectivity index (χ3n) is 3.84. The lowest BCUT2D eigenvalue weighted by molar-refractivity contribution is -0.154. The number of rotatable bonds is 6. The predicted octanol–water partition coefficient (Wildman–Crippen LogP) is 3.32. The van der Waals surface area contributed by atoms with Crippen LogP contribution in [0.15, 0.2) is 11.0 Å². The predicted molar refractivity (Wildman–Crippen MR) is 95.7 cm³/mol. The highest BCUT2D eigenvalue weighted by atomic mass is 32.2. The minimum absolute atomic E-state index is 0.185. The standard InChI is InChI=1S/C18H29NO4S/c1-12-11-13(2)15(4)17(14(12)3)24(21,22)19-10-8-9-16(20)23-18(5,6)7/h11,19H,8-10H2,1-7H3. The van der Waals surface area contributed by atoms with Crippen molar-refractivity contribution in [1.82, 2.24) is 4.72 Å². The van der Waals surface area contributed by atoms with Crippen LogP contribution in [0, 0.1) is 27.7 Å². The number of esters is 1. The molecule has 1 aromatic rings. The van der Waals surface area contributed by atoms with Gasteiger partial charge in [0.25, 0.3) is 0 Å². The van der Waals surface area contributed by atoms with E-state index < -0.39 is 15.6 Å². The summed E-state index contributed by atoms with van der Waals surface area (Å²) in [5.41, 5.74) is 2.90. The summed E-state index contributed by atoms with van der Waals surface area (Å²) in [5, 5.41) is 0. The van der Waals surface area contributed by atoms with Crippen molar-refractivity contribution in [2.24, 2.45) is 0 Å². The molecule has 0 aliphatic heterocycles. The van der Waals surface area contributed by atoms with E-state index in [-0.39, 0.29) is 18.9 Å². The SMILES string of the molecule is Cc1cc(C)c(C)c(S(=O)(=O)NCCCC(=O)OC(C)(C)C)c1C. The highest BCUT2D eigenvalue weighted by molar-refractivity contribution is 7.89. The summed E-state index contributed by atoms with van der Waals surface area (Å²) >= 11 is 0. The average molecular weight is 356 g/mol. The van der Waals surface area contributed by atoms with Gasteiger partial charge in [-0.05, 0) is 77.1 Å². The highest BCUT2D eigenvalue weighted by Crippen LogP contribution is 2.25. The highest BCUT2D eigenvalue weighted by Gasteiger charge is 2.22. The van der Waals surface area contributed by atoms with Gasteiger partial charge >= 0.3 is 5.97 Å². The molecule has 0 spiro atoms. The molecule has 0 aliphatic carbocycles. The molecule has 1 rings (SSSR count). The topological polar surface area (TPSA) is 72.5 Å². The van der Waals surface area contributed by atoms with E-state index >= 15 is 0 Å². The number of nitrogens with one attached hydrogen (secondary N) is 1. The molecule has 1 aromatic carbocycles. The number of hydrogen-bond acceptors (Lipinski definition) is 4. The van der Waals surface area contributed by atoms with Crippen LogP contribution in [0.5, 0.6) is 0 Å². The second-order valence-corrected chi connectivity index (χ2v) is 8.88. The van der Waals surface area contributed by atoms with Gasteiger partial charge in [-0.1, -0.05) is 6.07 Å². The Morgan fingerprint density at radius 2 is 1.58 bits per heavy atom. The second-order valence-electron chi connectivity index (χ2n) is 7.18. The van der Waals surface area contributed by atoms with Crippen LogP contribution in [0.2, 0.25) is 0 Å². The maximum Gasteiger partial charge on any atom is 0.306 e. The van der Waals surface area contributed by atoms with Crippen LogP contribution in [0.1, 0.15) is 55.9 Å². The maximum absolute atomic E-state index is 12.6. The Balaban J connectivity index is 2.74. The van der Waals surface area contributed by atoms with Crippen molar-refractivity contribution in [3.63, 3.8) is 0 Å². The summed E-state index contributed by atoms with van der Waals surface area (Å²) in [5.74, 6) is -0.319. The minimum atomic E-state index is -3.60. The number of aryl methyl sites for hydroxylation is 2. The Hall–Kier alpha value is -1.40. The van der Waals surface area contributed by atoms with E-state index in [1.54, 1.807) is 20.8 Å². The molecule has 6 heteroatoms. The number of sulfonamides is 1. The molecule has 0 aromatic heterocycles. The summed E-state index contributed by atoms with van der Waals surface area (Å²) in [7, 11) is -3.60. The molecule has 24 heavy (non-hydrogen) atoms. The van der Waals surface area contributed by atoms with E-state index in [9.17, 15) is 13.2 Å². The third kappa shape index (κ3) is 5.60. The Morgan fingerprint density at radius 3 is 2.04 bits per heavy atom. The number of ether oxygens (including phenoxy) is 1. The van der Waals surface area contributed by atoms with E-state index in [0.717, 1.165) is 22.3 Å². The van der Waals surface area contributed by atoms with Crippen LogP contribution < -0.4 is 4.72 Å². The maximum atomic E-state index is 12.6. The zero-order chi connectivity index (χ0) is 18.7. The van der Waals surface area contributed by atoms with Crippen LogP contribution >= 0.6 is 0 Å². The van der Waals surface area contributed by atoms with Crippen LogP contribution in [0.3, 0.4) is 0 Å². The van der Waals surface area contributed by atoms with E-state index in [4.69, 9.17) is 4.74 Å². The van der Waals surface area contributed by atoms with Crippen LogP contribution in [0.4, 0.5) is 0 Å². The van der Waals surface area contributed by atoms with Crippen LogP contribution in [0.25, 0.3) is 0 Å². The fourth-order valence-electron chi connectivity index (χ4n) is 2.49. The van der Waals surface area contributed by atoms with E-state index in [1.807, 2.05) is 33.8 Å². The largest absolute Gasteiger partial charge is 0.460 e. The number of carbonyl (C=O) groups is 1. The lowest BCUT2D eigenvalue weighted by Crippen LogP contribution is -2.28. The van der Waals surface area contributed by atoms with Gasteiger partial charge in [0.1, 0.15) is 5.60 Å². The molecule has 0 saturated heterocycles. The molecule has 0 heterocycles. The molecular formula is C18H29NO4S. The van der Waals surface area contributed by atoms with Crippen molar-refractivity contribution in [2.75, 3.05) is 6.54 Å². The van der Waals surface area contributed by atoms with Crippen molar-refractivity contribution in [3.8, 4) is 0 Å². The monoisotopic (exact) mass is 355 g/mol. The molecule has 0 radical (unpaired) electrons. The fraction of sp³-hybridized carbons (Fsp3) is 0.611. The first-order valence-corrected chi connectivity index (χ1v) is 9.62. The normalized spacial score (nSPS) is 12.3. The van der Waals surface area contributed by atoms with Gasteiger partial charge in [0, 0.05) is 13.0 Å². The summed E-state index contributed by atoms with van der Waals surface area (Å²) in [6.45, 7) is 13.1. The van der Waals surface area contributed by atoms with Gasteiger partial charge in [-0.25, -0.2) is 13.1 Å². The third-order valence-corrected chi connectivity index (χ3v) is 5.57. The van der Waals surface area contributed by atoms with Crippen molar-refractivity contribution < 1.29 is 17.9 Å². The Morgan fingerprint density at radius 1 is 1.08 bits per heavy atom. The Labute approximate surface area is 145 Å². The van der Waals surface area contributed by atoms with Crippen LogP contribution in [-0.4, -0.2) is 26.5 Å². The molecular weight excluding hydrogens is 326 g/mol. The van der Waals surface area contributed by atoms with Gasteiger partial charge < -0.3 is 4.74 Å². The van der Waals surface area contributed by atoms with Crippen LogP contribution in [-0.2, 0) is 19.6 Å². The quantitative estimate of drug-likeness (QED) is 0.627. The summed E-state index contributed by atoms with van der Waals surface area (Å²) < 4.78 is 33.1. The number of carbonyl (C=O) groups excluding carboxylic acids is 1. The van der Waals surface area contributed by atoms with Gasteiger partial charge in [-0.15, -0.1) is 0 Å². The molecule has 0 unspecified atom stereocenters. The smallest absolute Gasteiger partial charge is 0.306 e. The first kappa shape index (κ1) is 20.6. The molecule has 136 valence electrons. The molecule has 0 atom stereocenters. The van der Waals surface area contributed by atoms with Gasteiger partial charge in [0.05, 0.1) is 4.90 Å². The number of hydrogen-bond donors (Lipinski definition) is 1. The van der Waals surface area contributed by atoms with Crippen molar-refractivity contribution in [3.05, 3.63) is 28.3 Å². The first-order valence-electron chi connectivity index (χ1n) is 8.14. The molecule has 1 N–H and O–H groups in total. The lowest BCUT2D eigenvalue weighted by Gasteiger charge is -2.19. The van der Waals surface area contributed by atoms with Gasteiger partial charge in [-0.3, -0.25) is 4.79 Å². The summed E-state index contributed by atoms with van der Waals surface area (Å²) in [6.07, 6.45) is 0.585. The first-order chi connectivity index (χ1) is 10.8. The molecule has 0 fully saturated rings. The Kier molecular flexibility index (Phi) is 6.59. The minimum Gasteiger partial charge on any atom is -0.460 e. The summed E-state index contributed by atoms with van der Waals surface area (Å²) in [4.78, 5) is 12.0. The number of benzene rings is 1. The van der Waals surface area contributed by atoms with Crippen molar-refractivity contribution in [1.29, 1.82) is 0 Å². The van der Waals surface area contributed by atoms with E-state index in [2.05, 4.69) is 4.72 Å². The molecule has 0 bridgehead atoms. The average Bonchev–Trinajstić information content (AvgIpc) is 2.39. The molecule has 5 nitrogen and oxygen atoms in total. The van der Waals surface area contributed by atoms with Gasteiger partial charge in [0.2, 0.25) is 10.0 Å². The van der Waals surface area contributed by atoms with Gasteiger partial charge in [0.15, 0.2) is 0 Å². The van der Waals surface area contributed by atoms with Gasteiger partial charge in [-0.2, -0.15) is 0 Å². The molecule has 0 amide bonds. The van der Waals surface area contributed by atoms with Crippen molar-refractivity contribution in [2.45, 2.75) is 71.8 Å². The zero-order valence-corrected chi connectivity index (χ0v) is 16.6. The summed E-state index contributed by atoms with van der Waals surface area (Å²) in [6, 6.07) is 1.99. The Bertz CT molecular complexity index is 689. The fourth-order valence-corrected chi connectivity index (χ4v) is 4.17. The van der Waals surface area contributed by atoms with Crippen molar-refractivity contribution >= 4 is 16.0 Å². The van der Waals surface area contributed by atoms with E-state index in [1.165, 1.54) is 0 Å². The van der Waals surface area contributed by atoms with E-state index in [0.29, 0.717) is 11.3 Å². The zero-order valence-electron chi connectivity index (χ0n) is 15.7. The molecule has 0 saturated carbocycles. The second kappa shape index (κ2) is 7.66.